The topological polar surface area (TPSA) is 69.7 Å². The zero-order valence-electron chi connectivity index (χ0n) is 24.7. The Morgan fingerprint density at radius 2 is 1.21 bits per heavy atom. The highest BCUT2D eigenvalue weighted by Gasteiger charge is 2.44. The van der Waals surface area contributed by atoms with Gasteiger partial charge < -0.3 is 9.47 Å². The number of Topliss-reactive ketones (excluding diaryl/α,β-unsaturated/α-hetero) is 1. The van der Waals surface area contributed by atoms with E-state index < -0.39 is 22.5 Å². The molecule has 0 saturated carbocycles. The summed E-state index contributed by atoms with van der Waals surface area (Å²) in [4.78, 5) is 42.2. The molecular formula is C34H39O5PS2. The number of ether oxygens (including phenoxy) is 2. The second-order valence-electron chi connectivity index (χ2n) is 11.1. The highest BCUT2D eigenvalue weighted by molar-refractivity contribution is 8.18. The van der Waals surface area contributed by atoms with E-state index in [1.807, 2.05) is 112 Å². The molecule has 1 aliphatic rings. The van der Waals surface area contributed by atoms with E-state index in [9.17, 15) is 14.4 Å². The molecule has 0 spiro atoms. The van der Waals surface area contributed by atoms with E-state index in [1.54, 1.807) is 30.4 Å². The van der Waals surface area contributed by atoms with Crippen LogP contribution >= 0.6 is 30.4 Å². The molecule has 8 heteroatoms. The van der Waals surface area contributed by atoms with E-state index in [0.29, 0.717) is 0 Å². The molecule has 0 atom stereocenters. The lowest BCUT2D eigenvalue weighted by molar-refractivity contribution is -0.146. The van der Waals surface area contributed by atoms with Crippen LogP contribution in [0.1, 0.15) is 47.0 Å². The minimum atomic E-state index is -3.05. The summed E-state index contributed by atoms with van der Waals surface area (Å²) in [5, 5.41) is 2.82. The molecule has 1 saturated heterocycles. The van der Waals surface area contributed by atoms with Crippen molar-refractivity contribution in [3.63, 3.8) is 0 Å². The number of carbonyl (C=O) groups is 3. The average molecular weight is 623 g/mol. The van der Waals surface area contributed by atoms with Gasteiger partial charge in [-0.3, -0.25) is 9.59 Å². The van der Waals surface area contributed by atoms with E-state index in [4.69, 9.17) is 9.47 Å². The smallest absolute Gasteiger partial charge is 0.343 e. The molecule has 1 aliphatic heterocycles. The number of esters is 2. The van der Waals surface area contributed by atoms with Gasteiger partial charge in [-0.05, 0) is 68.4 Å². The summed E-state index contributed by atoms with van der Waals surface area (Å²) in [6, 6.07) is 29.5. The summed E-state index contributed by atoms with van der Waals surface area (Å²) in [6.07, 6.45) is 1.10. The van der Waals surface area contributed by atoms with E-state index in [2.05, 4.69) is 0 Å². The van der Waals surface area contributed by atoms with Crippen molar-refractivity contribution in [2.75, 3.05) is 18.1 Å². The van der Waals surface area contributed by atoms with Gasteiger partial charge in [-0.25, -0.2) is 4.79 Å². The summed E-state index contributed by atoms with van der Waals surface area (Å²) in [5.74, 6) is 0.423. The monoisotopic (exact) mass is 622 g/mol. The van der Waals surface area contributed by atoms with Gasteiger partial charge in [0.1, 0.15) is 10.9 Å². The van der Waals surface area contributed by atoms with Crippen LogP contribution in [0.4, 0.5) is 0 Å². The number of hydrogen-bond donors (Lipinski definition) is 0. The Morgan fingerprint density at radius 3 is 1.62 bits per heavy atom. The molecule has 1 fully saturated rings. The van der Waals surface area contributed by atoms with Gasteiger partial charge in [0.15, 0.2) is 5.78 Å². The van der Waals surface area contributed by atoms with Gasteiger partial charge in [-0.1, -0.05) is 91.0 Å². The van der Waals surface area contributed by atoms with Gasteiger partial charge in [-0.15, -0.1) is 23.5 Å². The molecule has 3 aromatic carbocycles. The van der Waals surface area contributed by atoms with Crippen LogP contribution in [0.15, 0.2) is 91.0 Å². The quantitative estimate of drug-likeness (QED) is 0.157. The van der Waals surface area contributed by atoms with Gasteiger partial charge in [0.25, 0.3) is 0 Å². The molecule has 222 valence electrons. The fraction of sp³-hybridized carbons (Fsp3) is 0.353. The summed E-state index contributed by atoms with van der Waals surface area (Å²) < 4.78 is 10.7. The van der Waals surface area contributed by atoms with Gasteiger partial charge in [0, 0.05) is 6.42 Å². The average Bonchev–Trinajstić information content (AvgIpc) is 2.96. The van der Waals surface area contributed by atoms with E-state index in [-0.39, 0.29) is 36.5 Å². The van der Waals surface area contributed by atoms with Crippen molar-refractivity contribution in [1.82, 2.24) is 0 Å². The lowest BCUT2D eigenvalue weighted by atomic mass is 10.1. The highest BCUT2D eigenvalue weighted by Crippen LogP contribution is 2.51. The first-order valence-corrected chi connectivity index (χ1v) is 18.0. The molecule has 0 amide bonds. The van der Waals surface area contributed by atoms with Gasteiger partial charge >= 0.3 is 11.9 Å². The SMILES string of the molecule is CCOC(=O)CC1(CC(=O)C(C(=O)OC(C)(C)C)=P(c2ccccc2)(c2ccccc2)c2ccccc2)SCCCS1. The van der Waals surface area contributed by atoms with Crippen LogP contribution in [0, 0.1) is 0 Å². The first-order valence-electron chi connectivity index (χ1n) is 14.2. The summed E-state index contributed by atoms with van der Waals surface area (Å²) in [6.45, 7) is 4.45. The molecule has 0 aromatic heterocycles. The number of thioether (sulfide) groups is 2. The van der Waals surface area contributed by atoms with Crippen molar-refractivity contribution in [2.45, 2.75) is 56.6 Å². The maximum Gasteiger partial charge on any atom is 0.343 e. The predicted octanol–water partition coefficient (Wildman–Crippen LogP) is 5.97. The molecule has 1 heterocycles. The Labute approximate surface area is 258 Å². The van der Waals surface area contributed by atoms with E-state index in [0.717, 1.165) is 33.8 Å². The zero-order chi connectivity index (χ0) is 30.2. The molecular weight excluding hydrogens is 583 g/mol. The second kappa shape index (κ2) is 14.2. The molecule has 0 aliphatic carbocycles. The van der Waals surface area contributed by atoms with Crippen LogP contribution in [0.3, 0.4) is 0 Å². The van der Waals surface area contributed by atoms with Crippen LogP contribution in [0.25, 0.3) is 0 Å². The maximum absolute atomic E-state index is 15.0. The molecule has 5 nitrogen and oxygen atoms in total. The van der Waals surface area contributed by atoms with E-state index in [1.165, 1.54) is 0 Å². The Balaban J connectivity index is 2.08. The summed E-state index contributed by atoms with van der Waals surface area (Å²) in [7, 11) is 0. The van der Waals surface area contributed by atoms with Crippen LogP contribution in [-0.2, 0) is 23.9 Å². The predicted molar refractivity (Wildman–Crippen MR) is 179 cm³/mol. The van der Waals surface area contributed by atoms with E-state index >= 15 is 0 Å². The fourth-order valence-electron chi connectivity index (χ4n) is 5.20. The standard InChI is InChI=1S/C34H39O5PS2/c1-5-38-30(36)25-34(41-22-15-23-42-34)24-29(35)31(32(37)39-33(2,3)4)40(26-16-9-6-10-17-26,27-18-11-7-12-19-27)28-20-13-8-14-21-28/h6-14,16-21H,5,15,22-25H2,1-4H3. The van der Waals surface area contributed by atoms with Gasteiger partial charge in [-0.2, -0.15) is 0 Å². The van der Waals surface area contributed by atoms with Crippen molar-refractivity contribution in [2.24, 2.45) is 0 Å². The molecule has 4 rings (SSSR count). The number of rotatable bonds is 10. The molecule has 42 heavy (non-hydrogen) atoms. The molecule has 0 bridgehead atoms. The lowest BCUT2D eigenvalue weighted by Crippen LogP contribution is -2.43. The lowest BCUT2D eigenvalue weighted by Gasteiger charge is -2.37. The Hall–Kier alpha value is -2.73. The van der Waals surface area contributed by atoms with Crippen molar-refractivity contribution >= 4 is 69.3 Å². The maximum atomic E-state index is 15.0. The third-order valence-corrected chi connectivity index (χ3v) is 14.4. The number of carbonyl (C=O) groups excluding carboxylic acids is 3. The number of hydrogen-bond acceptors (Lipinski definition) is 7. The fourth-order valence-corrected chi connectivity index (χ4v) is 12.7. The van der Waals surface area contributed by atoms with Crippen LogP contribution in [-0.4, -0.2) is 50.8 Å². The minimum Gasteiger partial charge on any atom is -0.466 e. The summed E-state index contributed by atoms with van der Waals surface area (Å²) in [5.41, 5.74) is -0.820. The highest BCUT2D eigenvalue weighted by atomic mass is 32.2. The number of ketones is 1. The number of benzene rings is 3. The third kappa shape index (κ3) is 7.42. The molecule has 0 radical (unpaired) electrons. The molecule has 3 aromatic rings. The minimum absolute atomic E-state index is 0.0178. The largest absolute Gasteiger partial charge is 0.466 e. The first-order chi connectivity index (χ1) is 20.1. The Kier molecular flexibility index (Phi) is 10.9. The van der Waals surface area contributed by atoms with Crippen molar-refractivity contribution in [3.8, 4) is 0 Å². The molecule has 0 unspecified atom stereocenters. The normalized spacial score (nSPS) is 15.0. The Bertz CT molecular complexity index is 1320. The Morgan fingerprint density at radius 1 is 0.762 bits per heavy atom. The van der Waals surface area contributed by atoms with Gasteiger partial charge in [0.05, 0.1) is 17.1 Å². The van der Waals surface area contributed by atoms with Crippen LogP contribution in [0.2, 0.25) is 0 Å². The van der Waals surface area contributed by atoms with Crippen molar-refractivity contribution in [1.29, 1.82) is 0 Å². The second-order valence-corrected chi connectivity index (χ2v) is 17.6. The van der Waals surface area contributed by atoms with Crippen molar-refractivity contribution in [3.05, 3.63) is 91.0 Å². The van der Waals surface area contributed by atoms with Crippen molar-refractivity contribution < 1.29 is 23.9 Å². The third-order valence-electron chi connectivity index (χ3n) is 6.79. The first kappa shape index (κ1) is 32.2. The van der Waals surface area contributed by atoms with Gasteiger partial charge in [0.2, 0.25) is 0 Å². The van der Waals surface area contributed by atoms with Crippen LogP contribution in [0.5, 0.6) is 0 Å². The molecule has 0 N–H and O–H groups in total. The van der Waals surface area contributed by atoms with Crippen LogP contribution < -0.4 is 15.9 Å². The summed E-state index contributed by atoms with van der Waals surface area (Å²) >= 11 is 3.24. The zero-order valence-corrected chi connectivity index (χ0v) is 27.2.